The fourth-order valence-corrected chi connectivity index (χ4v) is 2.34. The Morgan fingerprint density at radius 3 is 2.47 bits per heavy atom. The normalized spacial score (nSPS) is 13.8. The Hall–Kier alpha value is -0.940. The third kappa shape index (κ3) is 3.60. The van der Waals surface area contributed by atoms with Crippen molar-refractivity contribution in [3.63, 3.8) is 0 Å². The molecule has 0 aliphatic carbocycles. The second-order valence-corrected chi connectivity index (χ2v) is 5.64. The van der Waals surface area contributed by atoms with Crippen molar-refractivity contribution in [1.29, 1.82) is 0 Å². The number of halogens is 1. The van der Waals surface area contributed by atoms with Gasteiger partial charge in [-0.15, -0.1) is 0 Å². The van der Waals surface area contributed by atoms with Crippen LogP contribution in [0.25, 0.3) is 0 Å². The van der Waals surface area contributed by atoms with Gasteiger partial charge >= 0.3 is 0 Å². The molecule has 84 valence electrons. The third-order valence-corrected chi connectivity index (χ3v) is 3.04. The lowest BCUT2D eigenvalue weighted by atomic mass is 10.1. The summed E-state index contributed by atoms with van der Waals surface area (Å²) in [5.41, 5.74) is 0.380. The van der Waals surface area contributed by atoms with Gasteiger partial charge in [0, 0.05) is 17.9 Å². The van der Waals surface area contributed by atoms with Crippen molar-refractivity contribution in [1.82, 2.24) is 5.32 Å². The van der Waals surface area contributed by atoms with Gasteiger partial charge in [-0.3, -0.25) is 0 Å². The number of rotatable bonds is 4. The Bertz CT molecular complexity index is 431. The van der Waals surface area contributed by atoms with Gasteiger partial charge in [0.05, 0.1) is 5.75 Å². The van der Waals surface area contributed by atoms with Crippen LogP contribution in [0.4, 0.5) is 4.39 Å². The number of sulfone groups is 1. The van der Waals surface area contributed by atoms with Gasteiger partial charge in [0.1, 0.15) is 15.7 Å². The second kappa shape index (κ2) is 4.72. The first-order valence-corrected chi connectivity index (χ1v) is 6.59. The summed E-state index contributed by atoms with van der Waals surface area (Å²) in [6.45, 7) is 0. The molecule has 0 saturated heterocycles. The molecule has 0 bridgehead atoms. The number of benzene rings is 1. The summed E-state index contributed by atoms with van der Waals surface area (Å²) in [4.78, 5) is 0. The Labute approximate surface area is 89.2 Å². The maximum absolute atomic E-state index is 13.4. The molecule has 0 spiro atoms. The highest BCUT2D eigenvalue weighted by molar-refractivity contribution is 7.90. The molecule has 1 aromatic carbocycles. The highest BCUT2D eigenvalue weighted by Gasteiger charge is 2.18. The number of hydrogen-bond donors (Lipinski definition) is 1. The minimum atomic E-state index is -3.13. The molecule has 0 radical (unpaired) electrons. The van der Waals surface area contributed by atoms with Crippen molar-refractivity contribution in [3.05, 3.63) is 35.6 Å². The standard InChI is InChI=1S/C10H14FNO2S/c1-12-10(7-15(2,13)14)8-5-3-4-6-9(8)11/h3-6,10,12H,7H2,1-2H3. The average Bonchev–Trinajstić information content (AvgIpc) is 2.14. The molecule has 1 rings (SSSR count). The van der Waals surface area contributed by atoms with Gasteiger partial charge in [0.2, 0.25) is 0 Å². The maximum Gasteiger partial charge on any atom is 0.149 e. The van der Waals surface area contributed by atoms with Crippen molar-refractivity contribution in [2.24, 2.45) is 0 Å². The monoisotopic (exact) mass is 231 g/mol. The zero-order valence-electron chi connectivity index (χ0n) is 8.70. The van der Waals surface area contributed by atoms with Crippen LogP contribution in [0.2, 0.25) is 0 Å². The maximum atomic E-state index is 13.4. The molecular weight excluding hydrogens is 217 g/mol. The zero-order chi connectivity index (χ0) is 11.5. The van der Waals surface area contributed by atoms with Crippen LogP contribution < -0.4 is 5.32 Å². The lowest BCUT2D eigenvalue weighted by Crippen LogP contribution is -2.25. The first-order valence-electron chi connectivity index (χ1n) is 4.53. The second-order valence-electron chi connectivity index (χ2n) is 3.46. The molecule has 0 fully saturated rings. The molecule has 0 aromatic heterocycles. The number of hydrogen-bond acceptors (Lipinski definition) is 3. The Balaban J connectivity index is 2.98. The van der Waals surface area contributed by atoms with E-state index in [4.69, 9.17) is 0 Å². The first kappa shape index (κ1) is 12.1. The van der Waals surface area contributed by atoms with E-state index in [1.807, 2.05) is 0 Å². The molecular formula is C10H14FNO2S. The minimum Gasteiger partial charge on any atom is -0.312 e. The van der Waals surface area contributed by atoms with Crippen molar-refractivity contribution < 1.29 is 12.8 Å². The van der Waals surface area contributed by atoms with Crippen LogP contribution >= 0.6 is 0 Å². The SMILES string of the molecule is CNC(CS(C)(=O)=O)c1ccccc1F. The summed E-state index contributed by atoms with van der Waals surface area (Å²) < 4.78 is 35.6. The molecule has 1 N–H and O–H groups in total. The van der Waals surface area contributed by atoms with Crippen molar-refractivity contribution in [2.75, 3.05) is 19.1 Å². The summed E-state index contributed by atoms with van der Waals surface area (Å²) in [6, 6.07) is 5.67. The lowest BCUT2D eigenvalue weighted by Gasteiger charge is -2.15. The highest BCUT2D eigenvalue weighted by atomic mass is 32.2. The summed E-state index contributed by atoms with van der Waals surface area (Å²) in [6.07, 6.45) is 1.14. The summed E-state index contributed by atoms with van der Waals surface area (Å²) in [5, 5.41) is 2.80. The molecule has 0 amide bonds. The summed E-state index contributed by atoms with van der Waals surface area (Å²) in [5.74, 6) is -0.495. The fourth-order valence-electron chi connectivity index (χ4n) is 1.39. The van der Waals surface area contributed by atoms with Gasteiger partial charge < -0.3 is 5.32 Å². The molecule has 0 aliphatic rings. The van der Waals surface area contributed by atoms with E-state index in [1.54, 1.807) is 25.2 Å². The Kier molecular flexibility index (Phi) is 3.82. The molecule has 1 unspecified atom stereocenters. The quantitative estimate of drug-likeness (QED) is 0.845. The van der Waals surface area contributed by atoms with Gasteiger partial charge in [-0.2, -0.15) is 0 Å². The van der Waals surface area contributed by atoms with Crippen LogP contribution in [-0.4, -0.2) is 27.5 Å². The molecule has 0 heterocycles. The number of nitrogens with one attached hydrogen (secondary N) is 1. The van der Waals surface area contributed by atoms with Crippen molar-refractivity contribution >= 4 is 9.84 Å². The molecule has 15 heavy (non-hydrogen) atoms. The zero-order valence-corrected chi connectivity index (χ0v) is 9.51. The molecule has 5 heteroatoms. The fraction of sp³-hybridized carbons (Fsp3) is 0.400. The van der Waals surface area contributed by atoms with Gasteiger partial charge in [-0.25, -0.2) is 12.8 Å². The van der Waals surface area contributed by atoms with E-state index in [0.29, 0.717) is 5.56 Å². The summed E-state index contributed by atoms with van der Waals surface area (Å²) in [7, 11) is -1.52. The molecule has 3 nitrogen and oxygen atoms in total. The van der Waals surface area contributed by atoms with Crippen molar-refractivity contribution in [3.8, 4) is 0 Å². The predicted molar refractivity (Wildman–Crippen MR) is 57.9 cm³/mol. The Morgan fingerprint density at radius 2 is 2.00 bits per heavy atom. The van der Waals surface area contributed by atoms with Gasteiger partial charge in [-0.05, 0) is 13.1 Å². The van der Waals surface area contributed by atoms with Gasteiger partial charge in [-0.1, -0.05) is 18.2 Å². The van der Waals surface area contributed by atoms with Crippen LogP contribution in [0.1, 0.15) is 11.6 Å². The van der Waals surface area contributed by atoms with Crippen LogP contribution in [0, 0.1) is 5.82 Å². The van der Waals surface area contributed by atoms with Gasteiger partial charge in [0.25, 0.3) is 0 Å². The van der Waals surface area contributed by atoms with Crippen molar-refractivity contribution in [2.45, 2.75) is 6.04 Å². The van der Waals surface area contributed by atoms with E-state index in [2.05, 4.69) is 5.32 Å². The minimum absolute atomic E-state index is 0.107. The van der Waals surface area contributed by atoms with E-state index < -0.39 is 15.9 Å². The topological polar surface area (TPSA) is 46.2 Å². The molecule has 1 aromatic rings. The van der Waals surface area contributed by atoms with Crippen LogP contribution in [0.15, 0.2) is 24.3 Å². The molecule has 0 saturated carbocycles. The van der Waals surface area contributed by atoms with E-state index >= 15 is 0 Å². The molecule has 0 aliphatic heterocycles. The van der Waals surface area contributed by atoms with E-state index in [1.165, 1.54) is 6.07 Å². The Morgan fingerprint density at radius 1 is 1.40 bits per heavy atom. The van der Waals surface area contributed by atoms with Crippen LogP contribution in [0.3, 0.4) is 0 Å². The third-order valence-electron chi connectivity index (χ3n) is 2.10. The van der Waals surface area contributed by atoms with Gasteiger partial charge in [0.15, 0.2) is 0 Å². The predicted octanol–water partition coefficient (Wildman–Crippen LogP) is 1.13. The summed E-state index contributed by atoms with van der Waals surface area (Å²) >= 11 is 0. The van der Waals surface area contributed by atoms with E-state index in [9.17, 15) is 12.8 Å². The van der Waals surface area contributed by atoms with E-state index in [-0.39, 0.29) is 11.6 Å². The van der Waals surface area contributed by atoms with E-state index in [0.717, 1.165) is 6.26 Å². The highest BCUT2D eigenvalue weighted by Crippen LogP contribution is 2.17. The average molecular weight is 231 g/mol. The smallest absolute Gasteiger partial charge is 0.149 e. The largest absolute Gasteiger partial charge is 0.312 e. The lowest BCUT2D eigenvalue weighted by molar-refractivity contribution is 0.549. The molecule has 1 atom stereocenters. The first-order chi connectivity index (χ1) is 6.94. The van der Waals surface area contributed by atoms with Crippen LogP contribution in [-0.2, 0) is 9.84 Å². The van der Waals surface area contributed by atoms with Crippen LogP contribution in [0.5, 0.6) is 0 Å².